The molecule has 2 heterocycles. The van der Waals surface area contributed by atoms with Gasteiger partial charge in [-0.3, -0.25) is 9.78 Å². The highest BCUT2D eigenvalue weighted by Gasteiger charge is 2.12. The zero-order valence-corrected chi connectivity index (χ0v) is 15.7. The van der Waals surface area contributed by atoms with Gasteiger partial charge in [0.05, 0.1) is 0 Å². The Labute approximate surface area is 163 Å². The maximum atomic E-state index is 12.4. The number of nitrogens with zero attached hydrogens (tertiary/aromatic N) is 4. The van der Waals surface area contributed by atoms with Crippen molar-refractivity contribution in [1.29, 1.82) is 0 Å². The highest BCUT2D eigenvalue weighted by molar-refractivity contribution is 6.31. The number of halogens is 1. The van der Waals surface area contributed by atoms with Crippen LogP contribution in [0.4, 0.5) is 5.95 Å². The number of anilines is 1. The third-order valence-corrected chi connectivity index (χ3v) is 4.47. The average Bonchev–Trinajstić information content (AvgIpc) is 2.72. The molecule has 0 unspecified atom stereocenters. The van der Waals surface area contributed by atoms with E-state index in [9.17, 15) is 4.79 Å². The number of pyridine rings is 1. The molecule has 1 amide bonds. The maximum Gasteiger partial charge on any atom is 0.270 e. The van der Waals surface area contributed by atoms with Gasteiger partial charge in [-0.25, -0.2) is 9.97 Å². The fraction of sp³-hybridized carbons (Fsp3) is 0.200. The topological polar surface area (TPSA) is 71.0 Å². The molecule has 0 aliphatic heterocycles. The van der Waals surface area contributed by atoms with Crippen LogP contribution in [0.15, 0.2) is 61.1 Å². The molecular weight excluding hydrogens is 362 g/mol. The van der Waals surface area contributed by atoms with Crippen LogP contribution < -0.4 is 10.2 Å². The first-order valence-electron chi connectivity index (χ1n) is 8.58. The number of amides is 1. The lowest BCUT2D eigenvalue weighted by Crippen LogP contribution is -2.27. The predicted octanol–water partition coefficient (Wildman–Crippen LogP) is 3.13. The second-order valence-corrected chi connectivity index (χ2v) is 6.45. The van der Waals surface area contributed by atoms with Crippen LogP contribution in [0.1, 0.15) is 21.6 Å². The molecule has 0 radical (unpaired) electrons. The molecule has 0 fully saturated rings. The summed E-state index contributed by atoms with van der Waals surface area (Å²) in [4.78, 5) is 27.0. The van der Waals surface area contributed by atoms with E-state index in [4.69, 9.17) is 11.6 Å². The van der Waals surface area contributed by atoms with Crippen molar-refractivity contribution >= 4 is 23.5 Å². The summed E-state index contributed by atoms with van der Waals surface area (Å²) in [5.41, 5.74) is 2.37. The van der Waals surface area contributed by atoms with Crippen molar-refractivity contribution in [3.8, 4) is 0 Å². The molecule has 3 rings (SSSR count). The fourth-order valence-corrected chi connectivity index (χ4v) is 2.72. The van der Waals surface area contributed by atoms with Gasteiger partial charge >= 0.3 is 0 Å². The lowest BCUT2D eigenvalue weighted by atomic mass is 10.2. The molecule has 1 N–H and O–H groups in total. The normalized spacial score (nSPS) is 10.4. The molecule has 3 aromatic rings. The van der Waals surface area contributed by atoms with Gasteiger partial charge in [-0.2, -0.15) is 0 Å². The number of hydrogen-bond acceptors (Lipinski definition) is 5. The monoisotopic (exact) mass is 381 g/mol. The van der Waals surface area contributed by atoms with Crippen LogP contribution in [0.3, 0.4) is 0 Å². The van der Waals surface area contributed by atoms with Gasteiger partial charge in [0.15, 0.2) is 0 Å². The van der Waals surface area contributed by atoms with Crippen LogP contribution in [0, 0.1) is 0 Å². The van der Waals surface area contributed by atoms with Crippen LogP contribution in [0.2, 0.25) is 5.02 Å². The Bertz CT molecular complexity index is 904. The van der Waals surface area contributed by atoms with E-state index < -0.39 is 0 Å². The third kappa shape index (κ3) is 5.24. The summed E-state index contributed by atoms with van der Waals surface area (Å²) in [6.07, 6.45) is 5.98. The van der Waals surface area contributed by atoms with E-state index in [2.05, 4.69) is 20.3 Å². The standard InChI is InChI=1S/C20H20ClN5O/c1-26(13-9-15-6-10-22-11-7-15)20-23-12-8-18(25-20)19(27)24-14-16-4-2-3-5-17(16)21/h2-8,10-12H,9,13-14H2,1H3,(H,24,27). The van der Waals surface area contributed by atoms with E-state index in [0.717, 1.165) is 18.5 Å². The molecule has 2 aromatic heterocycles. The molecule has 0 aliphatic carbocycles. The average molecular weight is 382 g/mol. The Morgan fingerprint density at radius 1 is 1.11 bits per heavy atom. The van der Waals surface area contributed by atoms with Gasteiger partial charge in [0.2, 0.25) is 5.95 Å². The van der Waals surface area contributed by atoms with Crippen molar-refractivity contribution in [1.82, 2.24) is 20.3 Å². The molecule has 0 saturated heterocycles. The Morgan fingerprint density at radius 3 is 2.67 bits per heavy atom. The summed E-state index contributed by atoms with van der Waals surface area (Å²) >= 11 is 6.12. The Kier molecular flexibility index (Phi) is 6.33. The van der Waals surface area contributed by atoms with Crippen LogP contribution in [-0.4, -0.2) is 34.5 Å². The SMILES string of the molecule is CN(CCc1ccncc1)c1nccc(C(=O)NCc2ccccc2Cl)n1. The van der Waals surface area contributed by atoms with Crippen molar-refractivity contribution in [2.75, 3.05) is 18.5 Å². The first-order valence-corrected chi connectivity index (χ1v) is 8.96. The number of carbonyl (C=O) groups excluding carboxylic acids is 1. The quantitative estimate of drug-likeness (QED) is 0.680. The van der Waals surface area contributed by atoms with Crippen LogP contribution in [0.5, 0.6) is 0 Å². The van der Waals surface area contributed by atoms with Crippen molar-refractivity contribution in [2.24, 2.45) is 0 Å². The van der Waals surface area contributed by atoms with Gasteiger partial charge in [0, 0.05) is 43.8 Å². The molecule has 0 spiro atoms. The van der Waals surface area contributed by atoms with E-state index in [1.165, 1.54) is 5.56 Å². The Morgan fingerprint density at radius 2 is 1.89 bits per heavy atom. The van der Waals surface area contributed by atoms with Gasteiger partial charge in [-0.1, -0.05) is 29.8 Å². The number of benzene rings is 1. The third-order valence-electron chi connectivity index (χ3n) is 4.10. The first kappa shape index (κ1) is 18.8. The summed E-state index contributed by atoms with van der Waals surface area (Å²) in [5, 5.41) is 3.46. The fourth-order valence-electron chi connectivity index (χ4n) is 2.51. The van der Waals surface area contributed by atoms with Crippen LogP contribution in [0.25, 0.3) is 0 Å². The van der Waals surface area contributed by atoms with Gasteiger partial charge in [0.25, 0.3) is 5.91 Å². The highest BCUT2D eigenvalue weighted by Crippen LogP contribution is 2.14. The summed E-state index contributed by atoms with van der Waals surface area (Å²) in [6.45, 7) is 1.07. The van der Waals surface area contributed by atoms with E-state index in [1.54, 1.807) is 30.7 Å². The molecule has 1 aromatic carbocycles. The maximum absolute atomic E-state index is 12.4. The second kappa shape index (κ2) is 9.09. The first-order chi connectivity index (χ1) is 13.1. The van der Waals surface area contributed by atoms with Gasteiger partial charge in [-0.15, -0.1) is 0 Å². The predicted molar refractivity (Wildman–Crippen MR) is 106 cm³/mol. The lowest BCUT2D eigenvalue weighted by Gasteiger charge is -2.17. The smallest absolute Gasteiger partial charge is 0.270 e. The van der Waals surface area contributed by atoms with E-state index in [-0.39, 0.29) is 5.91 Å². The lowest BCUT2D eigenvalue weighted by molar-refractivity contribution is 0.0946. The summed E-state index contributed by atoms with van der Waals surface area (Å²) in [7, 11) is 1.90. The Hall–Kier alpha value is -2.99. The van der Waals surface area contributed by atoms with Crippen molar-refractivity contribution in [3.05, 3.63) is 82.9 Å². The Balaban J connectivity index is 1.60. The van der Waals surface area contributed by atoms with Crippen molar-refractivity contribution < 1.29 is 4.79 Å². The van der Waals surface area contributed by atoms with Crippen molar-refractivity contribution in [2.45, 2.75) is 13.0 Å². The molecule has 0 aliphatic rings. The van der Waals surface area contributed by atoms with Crippen LogP contribution in [-0.2, 0) is 13.0 Å². The summed E-state index contributed by atoms with van der Waals surface area (Å²) in [5.74, 6) is 0.246. The molecule has 6 nitrogen and oxygen atoms in total. The molecule has 138 valence electrons. The molecule has 0 saturated carbocycles. The molecule has 0 bridgehead atoms. The molecular formula is C20H20ClN5O. The van der Waals surface area contributed by atoms with E-state index >= 15 is 0 Å². The van der Waals surface area contributed by atoms with E-state index in [0.29, 0.717) is 23.2 Å². The number of aromatic nitrogens is 3. The zero-order valence-electron chi connectivity index (χ0n) is 15.0. The largest absolute Gasteiger partial charge is 0.347 e. The van der Waals surface area contributed by atoms with Gasteiger partial charge in [-0.05, 0) is 41.8 Å². The zero-order chi connectivity index (χ0) is 19.1. The molecule has 0 atom stereocenters. The summed E-state index contributed by atoms with van der Waals surface area (Å²) in [6, 6.07) is 13.0. The van der Waals surface area contributed by atoms with E-state index in [1.807, 2.05) is 42.3 Å². The molecule has 27 heavy (non-hydrogen) atoms. The van der Waals surface area contributed by atoms with Gasteiger partial charge < -0.3 is 10.2 Å². The minimum atomic E-state index is -0.263. The highest BCUT2D eigenvalue weighted by atomic mass is 35.5. The number of carbonyl (C=O) groups is 1. The summed E-state index contributed by atoms with van der Waals surface area (Å²) < 4.78 is 0. The van der Waals surface area contributed by atoms with Crippen LogP contribution >= 0.6 is 11.6 Å². The molecule has 7 heteroatoms. The number of nitrogens with one attached hydrogen (secondary N) is 1. The minimum absolute atomic E-state index is 0.263. The number of likely N-dealkylation sites (N-methyl/N-ethyl adjacent to an activating group) is 1. The second-order valence-electron chi connectivity index (χ2n) is 6.04. The minimum Gasteiger partial charge on any atom is -0.347 e. The number of rotatable bonds is 7. The number of hydrogen-bond donors (Lipinski definition) is 1. The van der Waals surface area contributed by atoms with Gasteiger partial charge in [0.1, 0.15) is 5.69 Å². The van der Waals surface area contributed by atoms with Crippen molar-refractivity contribution in [3.63, 3.8) is 0 Å².